The minimum absolute atomic E-state index is 0.0836. The first-order valence-electron chi connectivity index (χ1n) is 6.88. The van der Waals surface area contributed by atoms with E-state index >= 15 is 0 Å². The number of benzene rings is 1. The molecule has 1 amide bonds. The Labute approximate surface area is 128 Å². The van der Waals surface area contributed by atoms with E-state index in [4.69, 9.17) is 4.74 Å². The summed E-state index contributed by atoms with van der Waals surface area (Å²) in [6.45, 7) is 3.76. The predicted octanol–water partition coefficient (Wildman–Crippen LogP) is 2.14. The van der Waals surface area contributed by atoms with E-state index in [9.17, 15) is 14.7 Å². The lowest BCUT2D eigenvalue weighted by Gasteiger charge is -2.26. The zero-order chi connectivity index (χ0) is 15.4. The van der Waals surface area contributed by atoms with E-state index in [2.05, 4.69) is 0 Å². The van der Waals surface area contributed by atoms with Gasteiger partial charge in [0.2, 0.25) is 0 Å². The first kappa shape index (κ1) is 15.7. The van der Waals surface area contributed by atoms with Gasteiger partial charge in [0, 0.05) is 5.75 Å². The second-order valence-electron chi connectivity index (χ2n) is 4.96. The Kier molecular flexibility index (Phi) is 5.12. The standard InChI is InChI=1S/C15H19NO4S/c1-3-14-16(12(9-21-14)15(18)19)13(17)8-20-11-6-4-5-10(2)7-11/h4-7,12,14H,3,8-9H2,1-2H3,(H,18,19). The van der Waals surface area contributed by atoms with Gasteiger partial charge in [-0.1, -0.05) is 19.1 Å². The monoisotopic (exact) mass is 309 g/mol. The number of thioether (sulfide) groups is 1. The molecule has 2 unspecified atom stereocenters. The molecule has 1 aromatic rings. The fraction of sp³-hybridized carbons (Fsp3) is 0.467. The highest BCUT2D eigenvalue weighted by Gasteiger charge is 2.40. The van der Waals surface area contributed by atoms with Crippen LogP contribution in [0.2, 0.25) is 0 Å². The van der Waals surface area contributed by atoms with E-state index in [1.807, 2.05) is 32.0 Å². The number of ether oxygens (including phenoxy) is 1. The third-order valence-corrected chi connectivity index (χ3v) is 4.82. The van der Waals surface area contributed by atoms with Gasteiger partial charge in [0.25, 0.3) is 5.91 Å². The molecule has 1 saturated heterocycles. The number of carboxylic acids is 1. The summed E-state index contributed by atoms with van der Waals surface area (Å²) in [6.07, 6.45) is 0.727. The number of amides is 1. The van der Waals surface area contributed by atoms with Crippen LogP contribution in [0.5, 0.6) is 5.75 Å². The van der Waals surface area contributed by atoms with E-state index in [-0.39, 0.29) is 17.9 Å². The molecule has 114 valence electrons. The van der Waals surface area contributed by atoms with Gasteiger partial charge >= 0.3 is 5.97 Å². The van der Waals surface area contributed by atoms with Gasteiger partial charge in [-0.25, -0.2) is 4.79 Å². The minimum Gasteiger partial charge on any atom is -0.484 e. The summed E-state index contributed by atoms with van der Waals surface area (Å²) in [5.74, 6) is -0.178. The first-order chi connectivity index (χ1) is 10.0. The third-order valence-electron chi connectivity index (χ3n) is 3.37. The smallest absolute Gasteiger partial charge is 0.327 e. The highest BCUT2D eigenvalue weighted by molar-refractivity contribution is 8.00. The van der Waals surface area contributed by atoms with Crippen molar-refractivity contribution in [3.63, 3.8) is 0 Å². The Morgan fingerprint density at radius 1 is 1.48 bits per heavy atom. The van der Waals surface area contributed by atoms with Gasteiger partial charge in [-0.15, -0.1) is 11.8 Å². The Morgan fingerprint density at radius 3 is 2.86 bits per heavy atom. The van der Waals surface area contributed by atoms with Gasteiger partial charge < -0.3 is 14.7 Å². The molecule has 6 heteroatoms. The normalized spacial score (nSPS) is 21.3. The van der Waals surface area contributed by atoms with E-state index < -0.39 is 12.0 Å². The maximum absolute atomic E-state index is 12.3. The number of carbonyl (C=O) groups is 2. The van der Waals surface area contributed by atoms with Gasteiger partial charge in [0.15, 0.2) is 6.61 Å². The lowest BCUT2D eigenvalue weighted by atomic mass is 10.2. The van der Waals surface area contributed by atoms with Gasteiger partial charge in [0.1, 0.15) is 11.8 Å². The topological polar surface area (TPSA) is 66.8 Å². The van der Waals surface area contributed by atoms with Crippen LogP contribution in [0.1, 0.15) is 18.9 Å². The Balaban J connectivity index is 2.02. The van der Waals surface area contributed by atoms with Crippen LogP contribution in [0.15, 0.2) is 24.3 Å². The molecule has 0 saturated carbocycles. The molecule has 1 fully saturated rings. The lowest BCUT2D eigenvalue weighted by Crippen LogP contribution is -2.47. The van der Waals surface area contributed by atoms with Crippen LogP contribution in [0.4, 0.5) is 0 Å². The van der Waals surface area contributed by atoms with E-state index in [1.165, 1.54) is 16.7 Å². The van der Waals surface area contributed by atoms with Crippen molar-refractivity contribution in [2.45, 2.75) is 31.7 Å². The Morgan fingerprint density at radius 2 is 2.24 bits per heavy atom. The second-order valence-corrected chi connectivity index (χ2v) is 6.17. The number of carbonyl (C=O) groups excluding carboxylic acids is 1. The van der Waals surface area contributed by atoms with Crippen LogP contribution in [0, 0.1) is 6.92 Å². The molecular formula is C15H19NO4S. The summed E-state index contributed by atoms with van der Waals surface area (Å²) in [6, 6.07) is 6.67. The van der Waals surface area contributed by atoms with Crippen LogP contribution in [0.25, 0.3) is 0 Å². The van der Waals surface area contributed by atoms with Crippen LogP contribution in [-0.4, -0.2) is 45.7 Å². The molecule has 0 radical (unpaired) electrons. The van der Waals surface area contributed by atoms with Crippen LogP contribution >= 0.6 is 11.8 Å². The van der Waals surface area contributed by atoms with Crippen LogP contribution < -0.4 is 4.74 Å². The van der Waals surface area contributed by atoms with Crippen molar-refractivity contribution in [3.8, 4) is 5.75 Å². The van der Waals surface area contributed by atoms with Crippen molar-refractivity contribution in [2.24, 2.45) is 0 Å². The van der Waals surface area contributed by atoms with Crippen molar-refractivity contribution in [1.29, 1.82) is 0 Å². The number of aliphatic carboxylic acids is 1. The molecule has 2 atom stereocenters. The number of hydrogen-bond donors (Lipinski definition) is 1. The maximum Gasteiger partial charge on any atom is 0.327 e. The first-order valence-corrected chi connectivity index (χ1v) is 7.92. The van der Waals surface area contributed by atoms with E-state index in [0.717, 1.165) is 12.0 Å². The number of rotatable bonds is 5. The van der Waals surface area contributed by atoms with Crippen LogP contribution in [-0.2, 0) is 9.59 Å². The SMILES string of the molecule is CCC1SCC(C(=O)O)N1C(=O)COc1cccc(C)c1. The number of aryl methyl sites for hydroxylation is 1. The van der Waals surface area contributed by atoms with E-state index in [1.54, 1.807) is 6.07 Å². The van der Waals surface area contributed by atoms with Gasteiger partial charge in [0.05, 0.1) is 5.37 Å². The van der Waals surface area contributed by atoms with Gasteiger partial charge in [-0.2, -0.15) is 0 Å². The molecule has 21 heavy (non-hydrogen) atoms. The Bertz CT molecular complexity index is 534. The molecule has 0 spiro atoms. The number of carboxylic acid groups (broad SMARTS) is 1. The number of hydrogen-bond acceptors (Lipinski definition) is 4. The minimum atomic E-state index is -0.956. The summed E-state index contributed by atoms with van der Waals surface area (Å²) in [5.41, 5.74) is 1.05. The molecule has 2 rings (SSSR count). The third kappa shape index (κ3) is 3.69. The van der Waals surface area contributed by atoms with Crippen molar-refractivity contribution in [2.75, 3.05) is 12.4 Å². The molecular weight excluding hydrogens is 290 g/mol. The van der Waals surface area contributed by atoms with E-state index in [0.29, 0.717) is 11.5 Å². The summed E-state index contributed by atoms with van der Waals surface area (Å²) in [5, 5.41) is 9.14. The zero-order valence-corrected chi connectivity index (χ0v) is 12.9. The molecule has 5 nitrogen and oxygen atoms in total. The molecule has 0 bridgehead atoms. The lowest BCUT2D eigenvalue weighted by molar-refractivity contribution is -0.149. The van der Waals surface area contributed by atoms with Gasteiger partial charge in [-0.05, 0) is 31.0 Å². The number of nitrogens with zero attached hydrogens (tertiary/aromatic N) is 1. The fourth-order valence-corrected chi connectivity index (χ4v) is 3.70. The Hall–Kier alpha value is -1.69. The molecule has 1 aromatic carbocycles. The summed E-state index contributed by atoms with van der Waals surface area (Å²) in [7, 11) is 0. The molecule has 0 aliphatic carbocycles. The molecule has 0 aromatic heterocycles. The van der Waals surface area contributed by atoms with Crippen molar-refractivity contribution < 1.29 is 19.4 Å². The summed E-state index contributed by atoms with van der Waals surface area (Å²) < 4.78 is 5.49. The average Bonchev–Trinajstić information content (AvgIpc) is 2.89. The molecule has 1 aliphatic rings. The highest BCUT2D eigenvalue weighted by Crippen LogP contribution is 2.31. The fourth-order valence-electron chi connectivity index (χ4n) is 2.33. The largest absolute Gasteiger partial charge is 0.484 e. The quantitative estimate of drug-likeness (QED) is 0.902. The summed E-state index contributed by atoms with van der Waals surface area (Å²) in [4.78, 5) is 25.0. The average molecular weight is 309 g/mol. The van der Waals surface area contributed by atoms with Crippen LogP contribution in [0.3, 0.4) is 0 Å². The highest BCUT2D eigenvalue weighted by atomic mass is 32.2. The summed E-state index contributed by atoms with van der Waals surface area (Å²) >= 11 is 1.51. The zero-order valence-electron chi connectivity index (χ0n) is 12.1. The molecule has 1 aliphatic heterocycles. The second kappa shape index (κ2) is 6.85. The predicted molar refractivity (Wildman–Crippen MR) is 81.5 cm³/mol. The van der Waals surface area contributed by atoms with Crippen molar-refractivity contribution in [3.05, 3.63) is 29.8 Å². The molecule has 1 N–H and O–H groups in total. The maximum atomic E-state index is 12.3. The molecule has 1 heterocycles. The van der Waals surface area contributed by atoms with Crippen molar-refractivity contribution in [1.82, 2.24) is 4.90 Å². The van der Waals surface area contributed by atoms with Crippen molar-refractivity contribution >= 4 is 23.6 Å². The van der Waals surface area contributed by atoms with Gasteiger partial charge in [-0.3, -0.25) is 4.79 Å².